The van der Waals surface area contributed by atoms with Crippen LogP contribution in [0.3, 0.4) is 0 Å². The molecule has 0 saturated heterocycles. The van der Waals surface area contributed by atoms with Gasteiger partial charge in [-0.1, -0.05) is 0 Å². The molecule has 0 aromatic heterocycles. The molecule has 0 radical (unpaired) electrons. The number of carboxylic acid groups (broad SMARTS) is 2. The van der Waals surface area contributed by atoms with Crippen LogP contribution >= 0.6 is 7.82 Å². The first-order chi connectivity index (χ1) is 6.54. The van der Waals surface area contributed by atoms with Crippen molar-refractivity contribution in [1.82, 2.24) is 0 Å². The Balaban J connectivity index is -0.0000000303. The van der Waals surface area contributed by atoms with Crippen LogP contribution in [-0.2, 0) is 14.2 Å². The van der Waals surface area contributed by atoms with E-state index in [0.29, 0.717) is 0 Å². The molecule has 9 nitrogen and oxygen atoms in total. The Kier molecular flexibility index (Phi) is 65.0. The summed E-state index contributed by atoms with van der Waals surface area (Å²) in [5.41, 5.74) is 4.91. The second kappa shape index (κ2) is 28.4. The number of hydrogen-bond donors (Lipinski definition) is 1. The van der Waals surface area contributed by atoms with Gasteiger partial charge in [-0.3, -0.25) is 0 Å². The molecule has 0 heterocycles. The first-order valence-electron chi connectivity index (χ1n) is 3.43. The maximum absolute atomic E-state index is 9.86. The average molecular weight is 436 g/mol. The molecule has 0 aliphatic rings. The van der Waals surface area contributed by atoms with Crippen LogP contribution in [0.2, 0.25) is 0 Å². The van der Waals surface area contributed by atoms with E-state index in [2.05, 4.69) is 0 Å². The van der Waals surface area contributed by atoms with Gasteiger partial charge < -0.3 is 44.8 Å². The van der Waals surface area contributed by atoms with E-state index >= 15 is 0 Å². The summed E-state index contributed by atoms with van der Waals surface area (Å²) in [5.74, 6) is -2.75. The van der Waals surface area contributed by atoms with Crippen molar-refractivity contribution < 1.29 is 296 Å². The Morgan fingerprint density at radius 1 is 0.950 bits per heavy atom. The van der Waals surface area contributed by atoms with Crippen LogP contribution in [0.15, 0.2) is 0 Å². The van der Waals surface area contributed by atoms with Crippen molar-refractivity contribution in [2.24, 2.45) is 5.73 Å². The van der Waals surface area contributed by atoms with Gasteiger partial charge in [-0.25, -0.2) is 0 Å². The molecule has 0 rings (SSSR count). The van der Waals surface area contributed by atoms with Gasteiger partial charge in [0.2, 0.25) is 0 Å². The first kappa shape index (κ1) is 45.8. The standard InChI is InChI=1S/C5H9NO4.5K.H3O4P/c6-3(5(9)10)1-2-4(7)8;;;;;;1-5(2,3)4/h3H,1-2,6H2,(H,7,8)(H,9,10);;;;;;(H3,1,2,3,4)/q;5*+1;/p-5. The second-order valence-electron chi connectivity index (χ2n) is 2.28. The molecule has 2 N–H and O–H groups in total. The maximum Gasteiger partial charge on any atom is 1.00 e. The number of carbonyl (C=O) groups excluding carboxylic acids is 2. The van der Waals surface area contributed by atoms with Crippen molar-refractivity contribution in [1.29, 1.82) is 0 Å². The summed E-state index contributed by atoms with van der Waals surface area (Å²) in [5, 5.41) is 19.6. The van der Waals surface area contributed by atoms with Crippen LogP contribution in [0.5, 0.6) is 0 Å². The van der Waals surface area contributed by atoms with Gasteiger partial charge in [0.1, 0.15) is 0 Å². The zero-order chi connectivity index (χ0) is 12.6. The molecule has 0 aliphatic heterocycles. The monoisotopic (exact) mass is 435 g/mol. The smallest absolute Gasteiger partial charge is 0.822 e. The van der Waals surface area contributed by atoms with Crippen molar-refractivity contribution in [2.45, 2.75) is 18.9 Å². The molecule has 20 heavy (non-hydrogen) atoms. The third-order valence-electron chi connectivity index (χ3n) is 0.962. The van der Waals surface area contributed by atoms with Gasteiger partial charge in [0.05, 0.1) is 5.97 Å². The predicted octanol–water partition coefficient (Wildman–Crippen LogP) is -21.2. The fourth-order valence-electron chi connectivity index (χ4n) is 0.391. The van der Waals surface area contributed by atoms with E-state index in [1.54, 1.807) is 0 Å². The largest absolute Gasteiger partial charge is 1.00 e. The van der Waals surface area contributed by atoms with E-state index in [9.17, 15) is 19.8 Å². The minimum absolute atomic E-state index is 0. The summed E-state index contributed by atoms with van der Waals surface area (Å²) in [7, 11) is -5.39. The fraction of sp³-hybridized carbons (Fsp3) is 0.600. The van der Waals surface area contributed by atoms with E-state index in [4.69, 9.17) is 25.0 Å². The van der Waals surface area contributed by atoms with Crippen LogP contribution in [0, 0.1) is 0 Å². The Hall–Kier alpha value is 7.19. The predicted molar refractivity (Wildman–Crippen MR) is 34.8 cm³/mol. The molecule has 0 saturated carbocycles. The van der Waals surface area contributed by atoms with Crippen molar-refractivity contribution >= 4 is 19.8 Å². The van der Waals surface area contributed by atoms with Crippen molar-refractivity contribution in [3.8, 4) is 0 Å². The molecule has 0 amide bonds. The van der Waals surface area contributed by atoms with Crippen LogP contribution in [0.25, 0.3) is 0 Å². The molecule has 0 aromatic carbocycles. The molecule has 15 heteroatoms. The summed E-state index contributed by atoms with van der Waals surface area (Å²) in [6, 6.07) is -1.21. The minimum Gasteiger partial charge on any atom is -0.822 e. The van der Waals surface area contributed by atoms with Crippen molar-refractivity contribution in [2.75, 3.05) is 0 Å². The summed E-state index contributed by atoms with van der Waals surface area (Å²) >= 11 is 0. The molecule has 0 fully saturated rings. The Labute approximate surface area is 329 Å². The van der Waals surface area contributed by atoms with E-state index in [1.807, 2.05) is 0 Å². The molecule has 90 valence electrons. The van der Waals surface area contributed by atoms with E-state index in [0.717, 1.165) is 0 Å². The van der Waals surface area contributed by atoms with Gasteiger partial charge in [-0.2, -0.15) is 7.82 Å². The maximum atomic E-state index is 9.86. The SMILES string of the molecule is NC(CCC(=O)[O-])C(=O)[O-].O=P([O-])([O-])[O-].[K+].[K+].[K+].[K+].[K+]. The topological polar surface area (TPSA) is 193 Å². The third-order valence-corrected chi connectivity index (χ3v) is 0.962. The number of carboxylic acids is 2. The molecular formula is C5H7K5NO8P. The number of hydrogen-bond acceptors (Lipinski definition) is 9. The molecule has 1 atom stereocenters. The van der Waals surface area contributed by atoms with Crippen LogP contribution < -0.4 is 288 Å². The summed E-state index contributed by atoms with van der Waals surface area (Å²) in [6.07, 6.45) is -0.500. The summed E-state index contributed by atoms with van der Waals surface area (Å²) in [6.45, 7) is 0. The molecule has 0 spiro atoms. The summed E-state index contributed by atoms with van der Waals surface area (Å²) in [4.78, 5) is 45.3. The van der Waals surface area contributed by atoms with Crippen molar-refractivity contribution in [3.05, 3.63) is 0 Å². The van der Waals surface area contributed by atoms with E-state index < -0.39 is 25.8 Å². The molecule has 0 aliphatic carbocycles. The Bertz CT molecular complexity index is 268. The van der Waals surface area contributed by atoms with E-state index in [1.165, 1.54) is 0 Å². The Morgan fingerprint density at radius 2 is 1.20 bits per heavy atom. The fourth-order valence-corrected chi connectivity index (χ4v) is 0.391. The Morgan fingerprint density at radius 3 is 1.35 bits per heavy atom. The first-order valence-corrected chi connectivity index (χ1v) is 4.89. The van der Waals surface area contributed by atoms with Gasteiger partial charge in [-0.05, 0) is 12.8 Å². The van der Waals surface area contributed by atoms with Crippen molar-refractivity contribution in [3.63, 3.8) is 0 Å². The second-order valence-corrected chi connectivity index (χ2v) is 3.18. The van der Waals surface area contributed by atoms with E-state index in [-0.39, 0.29) is 270 Å². The average Bonchev–Trinajstić information content (AvgIpc) is 1.96. The number of nitrogens with two attached hydrogens (primary N) is 1. The normalized spacial score (nSPS) is 9.20. The molecule has 1 unspecified atom stereocenters. The number of phosphoric acid groups is 1. The zero-order valence-corrected chi connectivity index (χ0v) is 28.8. The van der Waals surface area contributed by atoms with Gasteiger partial charge in [0.25, 0.3) is 0 Å². The number of carbonyl (C=O) groups is 2. The molecule has 0 aromatic rings. The number of rotatable bonds is 4. The van der Waals surface area contributed by atoms with Gasteiger partial charge in [0.15, 0.2) is 0 Å². The minimum atomic E-state index is -5.39. The van der Waals surface area contributed by atoms with Crippen LogP contribution in [0.4, 0.5) is 0 Å². The van der Waals surface area contributed by atoms with Gasteiger partial charge in [-0.15, -0.1) is 0 Å². The van der Waals surface area contributed by atoms with Gasteiger partial charge in [0, 0.05) is 12.0 Å². The summed E-state index contributed by atoms with van der Waals surface area (Å²) < 4.78 is 8.55. The zero-order valence-electron chi connectivity index (χ0n) is 12.3. The third kappa shape index (κ3) is 56.2. The number of aliphatic carboxylic acids is 2. The van der Waals surface area contributed by atoms with Crippen LogP contribution in [0.1, 0.15) is 12.8 Å². The molecule has 0 bridgehead atoms. The quantitative estimate of drug-likeness (QED) is 0.329. The van der Waals surface area contributed by atoms with Crippen LogP contribution in [-0.4, -0.2) is 18.0 Å². The van der Waals surface area contributed by atoms with Gasteiger partial charge >= 0.3 is 257 Å². The molecular weight excluding hydrogens is 429 g/mol.